The largest absolute Gasteiger partial charge is 0.347 e. The first-order chi connectivity index (χ1) is 15.2. The van der Waals surface area contributed by atoms with Crippen molar-refractivity contribution in [2.24, 2.45) is 5.92 Å². The van der Waals surface area contributed by atoms with E-state index in [9.17, 15) is 4.79 Å². The lowest BCUT2D eigenvalue weighted by molar-refractivity contribution is -0.121. The van der Waals surface area contributed by atoms with E-state index in [0.29, 0.717) is 12.3 Å². The number of aromatic nitrogens is 2. The van der Waals surface area contributed by atoms with Gasteiger partial charge in [0.2, 0.25) is 5.91 Å². The number of hydrogen-bond donors (Lipinski definition) is 1. The van der Waals surface area contributed by atoms with Crippen LogP contribution in [-0.2, 0) is 17.8 Å². The molecule has 1 aliphatic heterocycles. The fourth-order valence-corrected chi connectivity index (χ4v) is 4.36. The summed E-state index contributed by atoms with van der Waals surface area (Å²) in [5.41, 5.74) is 4.16. The Morgan fingerprint density at radius 3 is 2.52 bits per heavy atom. The van der Waals surface area contributed by atoms with Crippen molar-refractivity contribution in [2.45, 2.75) is 38.8 Å². The summed E-state index contributed by atoms with van der Waals surface area (Å²) >= 11 is 0. The Labute approximate surface area is 184 Å². The van der Waals surface area contributed by atoms with Crippen LogP contribution in [0.5, 0.6) is 0 Å². The SMILES string of the molecule is Cc1cccc(CN2CCC([C@@H](NC(=O)Cc3ccccc3)c3ccccn3)CC2)n1. The van der Waals surface area contributed by atoms with Gasteiger partial charge in [-0.1, -0.05) is 42.5 Å². The third-order valence-corrected chi connectivity index (χ3v) is 5.97. The van der Waals surface area contributed by atoms with E-state index in [-0.39, 0.29) is 11.9 Å². The molecule has 0 unspecified atom stereocenters. The van der Waals surface area contributed by atoms with Crippen LogP contribution in [0.15, 0.2) is 72.9 Å². The fraction of sp³-hybridized carbons (Fsp3) is 0.346. The molecule has 3 aromatic rings. The summed E-state index contributed by atoms with van der Waals surface area (Å²) in [6.07, 6.45) is 4.25. The van der Waals surface area contributed by atoms with Crippen molar-refractivity contribution >= 4 is 5.91 Å². The molecule has 31 heavy (non-hydrogen) atoms. The number of carbonyl (C=O) groups is 1. The van der Waals surface area contributed by atoms with E-state index in [1.54, 1.807) is 0 Å². The van der Waals surface area contributed by atoms with Gasteiger partial charge in [-0.3, -0.25) is 19.7 Å². The molecule has 0 aliphatic carbocycles. The summed E-state index contributed by atoms with van der Waals surface area (Å²) in [4.78, 5) is 24.5. The maximum absolute atomic E-state index is 12.8. The summed E-state index contributed by atoms with van der Waals surface area (Å²) in [5.74, 6) is 0.421. The number of aryl methyl sites for hydroxylation is 1. The average molecular weight is 415 g/mol. The van der Waals surface area contributed by atoms with Crippen molar-refractivity contribution in [3.63, 3.8) is 0 Å². The molecule has 4 rings (SSSR count). The normalized spacial score (nSPS) is 16.0. The zero-order valence-corrected chi connectivity index (χ0v) is 18.1. The van der Waals surface area contributed by atoms with Crippen molar-refractivity contribution in [2.75, 3.05) is 13.1 Å². The average Bonchev–Trinajstić information content (AvgIpc) is 2.79. The maximum Gasteiger partial charge on any atom is 0.224 e. The number of nitrogens with zero attached hydrogens (tertiary/aromatic N) is 3. The molecule has 5 heteroatoms. The molecule has 1 amide bonds. The van der Waals surface area contributed by atoms with Crippen LogP contribution < -0.4 is 5.32 Å². The summed E-state index contributed by atoms with van der Waals surface area (Å²) in [6.45, 7) is 4.91. The summed E-state index contributed by atoms with van der Waals surface area (Å²) in [7, 11) is 0. The van der Waals surface area contributed by atoms with Crippen LogP contribution in [0.25, 0.3) is 0 Å². The minimum atomic E-state index is -0.0587. The second-order valence-corrected chi connectivity index (χ2v) is 8.35. The van der Waals surface area contributed by atoms with Gasteiger partial charge >= 0.3 is 0 Å². The quantitative estimate of drug-likeness (QED) is 0.632. The number of amides is 1. The second kappa shape index (κ2) is 10.3. The number of carbonyl (C=O) groups excluding carboxylic acids is 1. The maximum atomic E-state index is 12.8. The first-order valence-corrected chi connectivity index (χ1v) is 11.1. The van der Waals surface area contributed by atoms with Gasteiger partial charge in [0.05, 0.1) is 23.9 Å². The minimum absolute atomic E-state index is 0.0493. The first kappa shape index (κ1) is 21.2. The molecule has 0 bridgehead atoms. The van der Waals surface area contributed by atoms with Gasteiger partial charge in [-0.05, 0) is 68.6 Å². The number of piperidine rings is 1. The van der Waals surface area contributed by atoms with Crippen LogP contribution in [0.1, 0.15) is 41.5 Å². The second-order valence-electron chi connectivity index (χ2n) is 8.35. The molecule has 0 radical (unpaired) electrons. The van der Waals surface area contributed by atoms with E-state index in [1.807, 2.05) is 67.7 Å². The first-order valence-electron chi connectivity index (χ1n) is 11.1. The molecule has 160 valence electrons. The molecule has 5 nitrogen and oxygen atoms in total. The molecule has 0 spiro atoms. The molecule has 1 fully saturated rings. The Kier molecular flexibility index (Phi) is 7.05. The molecular weight excluding hydrogens is 384 g/mol. The fourth-order valence-electron chi connectivity index (χ4n) is 4.36. The highest BCUT2D eigenvalue weighted by Crippen LogP contribution is 2.30. The predicted molar refractivity (Wildman–Crippen MR) is 122 cm³/mol. The zero-order chi connectivity index (χ0) is 21.5. The molecule has 1 saturated heterocycles. The Balaban J connectivity index is 1.40. The highest BCUT2D eigenvalue weighted by atomic mass is 16.1. The monoisotopic (exact) mass is 414 g/mol. The van der Waals surface area contributed by atoms with Gasteiger partial charge in [0.25, 0.3) is 0 Å². The lowest BCUT2D eigenvalue weighted by atomic mass is 9.87. The van der Waals surface area contributed by atoms with E-state index in [1.165, 1.54) is 0 Å². The van der Waals surface area contributed by atoms with Crippen molar-refractivity contribution in [3.8, 4) is 0 Å². The van der Waals surface area contributed by atoms with Crippen molar-refractivity contribution in [1.82, 2.24) is 20.2 Å². The number of hydrogen-bond acceptors (Lipinski definition) is 4. The number of nitrogens with one attached hydrogen (secondary N) is 1. The number of benzene rings is 1. The van der Waals surface area contributed by atoms with Crippen LogP contribution in [0.3, 0.4) is 0 Å². The van der Waals surface area contributed by atoms with Crippen molar-refractivity contribution < 1.29 is 4.79 Å². The van der Waals surface area contributed by atoms with E-state index in [2.05, 4.69) is 32.3 Å². The van der Waals surface area contributed by atoms with E-state index >= 15 is 0 Å². The van der Waals surface area contributed by atoms with E-state index < -0.39 is 0 Å². The van der Waals surface area contributed by atoms with Gasteiger partial charge < -0.3 is 5.32 Å². The van der Waals surface area contributed by atoms with Gasteiger partial charge in [0.15, 0.2) is 0 Å². The van der Waals surface area contributed by atoms with Crippen LogP contribution in [0, 0.1) is 12.8 Å². The van der Waals surface area contributed by atoms with Crippen LogP contribution in [-0.4, -0.2) is 33.9 Å². The summed E-state index contributed by atoms with van der Waals surface area (Å²) < 4.78 is 0. The standard InChI is InChI=1S/C26H30N4O/c1-20-8-7-11-23(28-20)19-30-16-13-22(14-17-30)26(24-12-5-6-15-27-24)29-25(31)18-21-9-3-2-4-10-21/h2-12,15,22,26H,13-14,16-19H2,1H3,(H,29,31)/t26-/m1/s1. The third kappa shape index (κ3) is 5.98. The topological polar surface area (TPSA) is 58.1 Å². The lowest BCUT2D eigenvalue weighted by Gasteiger charge is -2.36. The molecule has 1 aromatic carbocycles. The summed E-state index contributed by atoms with van der Waals surface area (Å²) in [5, 5.41) is 3.29. The van der Waals surface area contributed by atoms with Crippen LogP contribution in [0.4, 0.5) is 0 Å². The molecule has 1 N–H and O–H groups in total. The molecule has 3 heterocycles. The predicted octanol–water partition coefficient (Wildman–Crippen LogP) is 4.10. The summed E-state index contributed by atoms with van der Waals surface area (Å²) in [6, 6.07) is 22.0. The van der Waals surface area contributed by atoms with Gasteiger partial charge in [0.1, 0.15) is 0 Å². The zero-order valence-electron chi connectivity index (χ0n) is 18.1. The van der Waals surface area contributed by atoms with Crippen LogP contribution in [0.2, 0.25) is 0 Å². The van der Waals surface area contributed by atoms with Crippen LogP contribution >= 0.6 is 0 Å². The Hall–Kier alpha value is -3.05. The molecule has 0 saturated carbocycles. The molecule has 2 aromatic heterocycles. The Bertz CT molecular complexity index is 969. The Morgan fingerprint density at radius 2 is 1.81 bits per heavy atom. The van der Waals surface area contributed by atoms with Gasteiger partial charge in [0, 0.05) is 18.4 Å². The lowest BCUT2D eigenvalue weighted by Crippen LogP contribution is -2.41. The highest BCUT2D eigenvalue weighted by Gasteiger charge is 2.29. The smallest absolute Gasteiger partial charge is 0.224 e. The Morgan fingerprint density at radius 1 is 1.03 bits per heavy atom. The van der Waals surface area contributed by atoms with Gasteiger partial charge in [-0.25, -0.2) is 0 Å². The van der Waals surface area contributed by atoms with E-state index in [0.717, 1.165) is 55.1 Å². The highest BCUT2D eigenvalue weighted by molar-refractivity contribution is 5.79. The van der Waals surface area contributed by atoms with E-state index in [4.69, 9.17) is 0 Å². The molecular formula is C26H30N4O. The number of rotatable bonds is 7. The molecule has 1 aliphatic rings. The number of likely N-dealkylation sites (tertiary alicyclic amines) is 1. The molecule has 1 atom stereocenters. The van der Waals surface area contributed by atoms with Crippen molar-refractivity contribution in [3.05, 3.63) is 95.6 Å². The minimum Gasteiger partial charge on any atom is -0.347 e. The third-order valence-electron chi connectivity index (χ3n) is 5.97. The van der Waals surface area contributed by atoms with Gasteiger partial charge in [-0.2, -0.15) is 0 Å². The van der Waals surface area contributed by atoms with Crippen molar-refractivity contribution in [1.29, 1.82) is 0 Å². The van der Waals surface area contributed by atoms with Gasteiger partial charge in [-0.15, -0.1) is 0 Å². The number of pyridine rings is 2.